The summed E-state index contributed by atoms with van der Waals surface area (Å²) in [6.45, 7) is 2.61. The van der Waals surface area contributed by atoms with Gasteiger partial charge >= 0.3 is 0 Å². The van der Waals surface area contributed by atoms with E-state index in [4.69, 9.17) is 28.4 Å². The molecular weight excluding hydrogens is 304 g/mol. The lowest BCUT2D eigenvalue weighted by Crippen LogP contribution is -2.61. The van der Waals surface area contributed by atoms with Gasteiger partial charge in [-0.05, 0) is 13.0 Å². The summed E-state index contributed by atoms with van der Waals surface area (Å²) in [5.74, 6) is 0.720. The van der Waals surface area contributed by atoms with E-state index in [1.807, 2.05) is 13.0 Å². The summed E-state index contributed by atoms with van der Waals surface area (Å²) in [6.07, 6.45) is -0.0498. The van der Waals surface area contributed by atoms with E-state index in [1.54, 1.807) is 6.07 Å². The van der Waals surface area contributed by atoms with Gasteiger partial charge in [-0.25, -0.2) is 0 Å². The maximum atomic E-state index is 12.2. The molecular formula is C16H16O7. The average molecular weight is 320 g/mol. The second kappa shape index (κ2) is 4.37. The summed E-state index contributed by atoms with van der Waals surface area (Å²) in [7, 11) is 0. The minimum Gasteiger partial charge on any atom is -0.458 e. The molecule has 23 heavy (non-hydrogen) atoms. The van der Waals surface area contributed by atoms with E-state index in [9.17, 15) is 4.79 Å². The number of ketones is 1. The SMILES string of the molecule is CCO[C@H]1CC(=O)C[C@]23OCO[C@]12c1cc2c(cc1O3)OCO2. The van der Waals surface area contributed by atoms with Gasteiger partial charge in [-0.1, -0.05) is 0 Å². The fraction of sp³-hybridized carbons (Fsp3) is 0.562. The van der Waals surface area contributed by atoms with Gasteiger partial charge in [-0.2, -0.15) is 0 Å². The first kappa shape index (κ1) is 13.6. The molecule has 1 aliphatic carbocycles. The van der Waals surface area contributed by atoms with Crippen LogP contribution in [0.4, 0.5) is 0 Å². The molecule has 1 saturated carbocycles. The van der Waals surface area contributed by atoms with E-state index in [0.717, 1.165) is 5.56 Å². The maximum Gasteiger partial charge on any atom is 0.255 e. The first-order valence-corrected chi connectivity index (χ1v) is 7.73. The minimum atomic E-state index is -1.17. The van der Waals surface area contributed by atoms with Crippen LogP contribution in [0.5, 0.6) is 17.2 Å². The Bertz CT molecular complexity index is 702. The highest BCUT2D eigenvalue weighted by Gasteiger charge is 2.73. The molecule has 0 aromatic heterocycles. The van der Waals surface area contributed by atoms with Crippen LogP contribution in [0.15, 0.2) is 12.1 Å². The van der Waals surface area contributed by atoms with Crippen LogP contribution in [0, 0.1) is 0 Å². The van der Waals surface area contributed by atoms with Crippen LogP contribution in [-0.4, -0.2) is 37.9 Å². The zero-order valence-corrected chi connectivity index (χ0v) is 12.6. The largest absolute Gasteiger partial charge is 0.458 e. The molecule has 5 rings (SSSR count). The van der Waals surface area contributed by atoms with Gasteiger partial charge in [0.2, 0.25) is 6.79 Å². The van der Waals surface area contributed by atoms with E-state index in [-0.39, 0.29) is 32.2 Å². The number of rotatable bonds is 2. The molecule has 3 heterocycles. The Labute approximate surface area is 132 Å². The maximum absolute atomic E-state index is 12.2. The van der Waals surface area contributed by atoms with Gasteiger partial charge in [-0.15, -0.1) is 0 Å². The third-order valence-electron chi connectivity index (χ3n) is 4.96. The van der Waals surface area contributed by atoms with Gasteiger partial charge in [0.25, 0.3) is 5.79 Å². The lowest BCUT2D eigenvalue weighted by molar-refractivity contribution is -0.231. The quantitative estimate of drug-likeness (QED) is 0.817. The third kappa shape index (κ3) is 1.52. The van der Waals surface area contributed by atoms with Gasteiger partial charge in [0.1, 0.15) is 17.6 Å². The van der Waals surface area contributed by atoms with Crippen LogP contribution in [0.3, 0.4) is 0 Å². The van der Waals surface area contributed by atoms with Crippen molar-refractivity contribution in [3.05, 3.63) is 17.7 Å². The van der Waals surface area contributed by atoms with Crippen molar-refractivity contribution in [2.45, 2.75) is 37.3 Å². The summed E-state index contributed by atoms with van der Waals surface area (Å²) in [5, 5.41) is 0. The van der Waals surface area contributed by atoms with Crippen LogP contribution >= 0.6 is 0 Å². The normalized spacial score (nSPS) is 36.4. The van der Waals surface area contributed by atoms with Gasteiger partial charge in [-0.3, -0.25) is 4.79 Å². The number of benzene rings is 1. The van der Waals surface area contributed by atoms with Crippen molar-refractivity contribution < 1.29 is 33.2 Å². The smallest absolute Gasteiger partial charge is 0.255 e. The monoisotopic (exact) mass is 320 g/mol. The predicted octanol–water partition coefficient (Wildman–Crippen LogP) is 1.47. The predicted molar refractivity (Wildman–Crippen MR) is 74.3 cm³/mol. The highest BCUT2D eigenvalue weighted by Crippen LogP contribution is 2.62. The Hall–Kier alpha value is -1.83. The fourth-order valence-corrected chi connectivity index (χ4v) is 4.09. The summed E-state index contributed by atoms with van der Waals surface area (Å²) < 4.78 is 34.7. The van der Waals surface area contributed by atoms with Crippen molar-refractivity contribution >= 4 is 5.78 Å². The zero-order valence-electron chi connectivity index (χ0n) is 12.6. The molecule has 0 spiro atoms. The standard InChI is InChI=1S/C16H16O7/c1-2-18-14-3-9(17)6-15-16(14,22-8-21-15)10-4-12-13(20-7-19-12)5-11(10)23-15/h4-5,14H,2-3,6-8H2,1H3/t14-,15+,16+/m0/s1. The Balaban J connectivity index is 1.72. The second-order valence-corrected chi connectivity index (χ2v) is 6.06. The number of carbonyl (C=O) groups is 1. The van der Waals surface area contributed by atoms with E-state index < -0.39 is 17.5 Å². The number of fused-ring (bicyclic) bond motifs is 2. The molecule has 0 amide bonds. The molecule has 3 atom stereocenters. The van der Waals surface area contributed by atoms with Crippen LogP contribution in [-0.2, 0) is 24.6 Å². The van der Waals surface area contributed by atoms with E-state index in [1.165, 1.54) is 0 Å². The topological polar surface area (TPSA) is 72.5 Å². The van der Waals surface area contributed by atoms with Crippen molar-refractivity contribution in [3.63, 3.8) is 0 Å². The highest BCUT2D eigenvalue weighted by atomic mass is 16.8. The number of hydrogen-bond acceptors (Lipinski definition) is 7. The number of Topliss-reactive ketones (excluding diaryl/α,β-unsaturated/α-hetero) is 1. The number of ether oxygens (including phenoxy) is 6. The van der Waals surface area contributed by atoms with Gasteiger partial charge < -0.3 is 28.4 Å². The fourth-order valence-electron chi connectivity index (χ4n) is 4.09. The second-order valence-electron chi connectivity index (χ2n) is 6.06. The molecule has 4 aliphatic rings. The summed E-state index contributed by atoms with van der Waals surface area (Å²) in [4.78, 5) is 12.2. The van der Waals surface area contributed by atoms with Crippen molar-refractivity contribution in [2.75, 3.05) is 20.2 Å². The van der Waals surface area contributed by atoms with Crippen LogP contribution in [0.1, 0.15) is 25.3 Å². The first-order valence-electron chi connectivity index (χ1n) is 7.73. The zero-order chi connectivity index (χ0) is 15.7. The van der Waals surface area contributed by atoms with E-state index in [2.05, 4.69) is 0 Å². The number of carbonyl (C=O) groups excluding carboxylic acids is 1. The molecule has 0 bridgehead atoms. The van der Waals surface area contributed by atoms with Gasteiger partial charge in [0, 0.05) is 24.7 Å². The molecule has 0 unspecified atom stereocenters. The van der Waals surface area contributed by atoms with Gasteiger partial charge in [0.15, 0.2) is 23.9 Å². The summed E-state index contributed by atoms with van der Waals surface area (Å²) in [6, 6.07) is 3.63. The summed E-state index contributed by atoms with van der Waals surface area (Å²) in [5.41, 5.74) is -0.155. The van der Waals surface area contributed by atoms with E-state index >= 15 is 0 Å². The molecule has 1 aromatic carbocycles. The van der Waals surface area contributed by atoms with Crippen LogP contribution in [0.25, 0.3) is 0 Å². The van der Waals surface area contributed by atoms with Crippen molar-refractivity contribution in [1.29, 1.82) is 0 Å². The van der Waals surface area contributed by atoms with Crippen molar-refractivity contribution in [3.8, 4) is 17.2 Å². The molecule has 122 valence electrons. The molecule has 0 radical (unpaired) electrons. The molecule has 7 heteroatoms. The average Bonchev–Trinajstić information content (AvgIpc) is 3.15. The van der Waals surface area contributed by atoms with Gasteiger partial charge in [0.05, 0.1) is 6.42 Å². The van der Waals surface area contributed by atoms with E-state index in [0.29, 0.717) is 23.9 Å². The Morgan fingerprint density at radius 3 is 2.83 bits per heavy atom. The molecule has 1 saturated heterocycles. The first-order chi connectivity index (χ1) is 11.2. The molecule has 0 N–H and O–H groups in total. The molecule has 2 fully saturated rings. The lowest BCUT2D eigenvalue weighted by atomic mass is 9.73. The minimum absolute atomic E-state index is 0.0393. The Morgan fingerprint density at radius 1 is 1.17 bits per heavy atom. The van der Waals surface area contributed by atoms with Crippen LogP contribution in [0.2, 0.25) is 0 Å². The molecule has 1 aromatic rings. The van der Waals surface area contributed by atoms with Crippen LogP contribution < -0.4 is 14.2 Å². The Kier molecular flexibility index (Phi) is 2.58. The number of hydrogen-bond donors (Lipinski definition) is 0. The van der Waals surface area contributed by atoms with Crippen molar-refractivity contribution in [2.24, 2.45) is 0 Å². The Morgan fingerprint density at radius 2 is 2.00 bits per heavy atom. The third-order valence-corrected chi connectivity index (χ3v) is 4.96. The summed E-state index contributed by atoms with van der Waals surface area (Å²) >= 11 is 0. The lowest BCUT2D eigenvalue weighted by Gasteiger charge is -2.43. The highest BCUT2D eigenvalue weighted by molar-refractivity contribution is 5.83. The molecule has 7 nitrogen and oxygen atoms in total. The molecule has 3 aliphatic heterocycles. The van der Waals surface area contributed by atoms with Crippen molar-refractivity contribution in [1.82, 2.24) is 0 Å².